The van der Waals surface area contributed by atoms with Gasteiger partial charge in [0.25, 0.3) is 0 Å². The van der Waals surface area contributed by atoms with E-state index < -0.39 is 7.26 Å². The highest BCUT2D eigenvalue weighted by atomic mass is 31.2. The van der Waals surface area contributed by atoms with Gasteiger partial charge in [-0.15, -0.1) is 0 Å². The molecule has 0 atom stereocenters. The molecule has 4 aromatic carbocycles. The van der Waals surface area contributed by atoms with E-state index in [1.165, 1.54) is 21.2 Å². The lowest BCUT2D eigenvalue weighted by molar-refractivity contribution is 1.73. The fourth-order valence-electron chi connectivity index (χ4n) is 2.96. The van der Waals surface area contributed by atoms with Crippen LogP contribution in [0.2, 0.25) is 0 Å². The Kier molecular flexibility index (Phi) is 7.55. The van der Waals surface area contributed by atoms with Gasteiger partial charge >= 0.3 is 0 Å². The average Bonchev–Trinajstić information content (AvgIpc) is 2.77. The molecule has 0 radical (unpaired) electrons. The molecule has 140 valence electrons. The molecule has 0 amide bonds. The Labute approximate surface area is 171 Å². The van der Waals surface area contributed by atoms with Crippen LogP contribution in [0.5, 0.6) is 0 Å². The van der Waals surface area contributed by atoms with Crippen molar-refractivity contribution in [1.29, 1.82) is 0 Å². The normalized spacial score (nSPS) is 10.6. The van der Waals surface area contributed by atoms with Gasteiger partial charge in [0, 0.05) is 0 Å². The maximum Gasteiger partial charge on any atom is 0.0985 e. The van der Waals surface area contributed by atoms with Crippen LogP contribution in [0.3, 0.4) is 0 Å². The molecule has 0 aliphatic heterocycles. The van der Waals surface area contributed by atoms with Crippen LogP contribution in [0, 0.1) is 0 Å². The average molecular weight is 401 g/mol. The Hall–Kier alpha value is -2.26. The highest BCUT2D eigenvalue weighted by molar-refractivity contribution is 7.88. The molecule has 4 rings (SSSR count). The molecule has 0 bridgehead atoms. The van der Waals surface area contributed by atoms with Crippen molar-refractivity contribution in [3.63, 3.8) is 0 Å². The van der Waals surface area contributed by atoms with Crippen molar-refractivity contribution < 1.29 is 0 Å². The molecule has 0 aromatic heterocycles. The molecule has 0 saturated carbocycles. The standard InChI is InChI=1S/C14H16P.C12H11P/c1-15(2,13-9-5-3-6-10-13)14-11-7-4-8-12-14;1-3-7-11(8-4-1)13-12-9-5-2-6-10-12/h3-12H,1-2H3;1-10,13H/q+1;. The van der Waals surface area contributed by atoms with E-state index in [9.17, 15) is 0 Å². The van der Waals surface area contributed by atoms with Gasteiger partial charge in [-0.05, 0) is 34.9 Å². The van der Waals surface area contributed by atoms with Crippen molar-refractivity contribution in [2.24, 2.45) is 0 Å². The number of hydrogen-bond acceptors (Lipinski definition) is 0. The van der Waals surface area contributed by atoms with Crippen molar-refractivity contribution >= 4 is 37.1 Å². The Morgan fingerprint density at radius 1 is 0.429 bits per heavy atom. The van der Waals surface area contributed by atoms with Crippen LogP contribution in [0.4, 0.5) is 0 Å². The molecule has 2 heteroatoms. The van der Waals surface area contributed by atoms with Crippen molar-refractivity contribution in [1.82, 2.24) is 0 Å². The number of hydrogen-bond donors (Lipinski definition) is 0. The summed E-state index contributed by atoms with van der Waals surface area (Å²) >= 11 is 0. The van der Waals surface area contributed by atoms with Gasteiger partial charge < -0.3 is 0 Å². The summed E-state index contributed by atoms with van der Waals surface area (Å²) in [5, 5.41) is 5.73. The Morgan fingerprint density at radius 2 is 0.714 bits per heavy atom. The fraction of sp³-hybridized carbons (Fsp3) is 0.0769. The first-order chi connectivity index (χ1) is 13.7. The third-order valence-electron chi connectivity index (χ3n) is 4.64. The molecule has 0 heterocycles. The second-order valence-electron chi connectivity index (χ2n) is 6.98. The molecule has 0 fully saturated rings. The SMILES string of the molecule is C[P+](C)(c1ccccc1)c1ccccc1.c1ccc(Pc2ccccc2)cc1. The summed E-state index contributed by atoms with van der Waals surface area (Å²) in [6, 6.07) is 42.8. The highest BCUT2D eigenvalue weighted by Crippen LogP contribution is 2.48. The van der Waals surface area contributed by atoms with E-state index in [1.807, 2.05) is 0 Å². The zero-order valence-electron chi connectivity index (χ0n) is 16.5. The minimum absolute atomic E-state index is 0.777. The van der Waals surface area contributed by atoms with Gasteiger partial charge in [0.1, 0.15) is 0 Å². The molecular formula is C26H27P2+. The number of benzene rings is 4. The van der Waals surface area contributed by atoms with E-state index in [2.05, 4.69) is 135 Å². The minimum Gasteiger partial charge on any atom is -0.0622 e. The van der Waals surface area contributed by atoms with Gasteiger partial charge in [-0.3, -0.25) is 0 Å². The summed E-state index contributed by atoms with van der Waals surface area (Å²) < 4.78 is 0. The maximum absolute atomic E-state index is 2.37. The van der Waals surface area contributed by atoms with Crippen molar-refractivity contribution in [2.75, 3.05) is 13.3 Å². The van der Waals surface area contributed by atoms with Gasteiger partial charge in [-0.25, -0.2) is 0 Å². The van der Waals surface area contributed by atoms with E-state index >= 15 is 0 Å². The molecule has 0 aliphatic carbocycles. The van der Waals surface area contributed by atoms with Crippen LogP contribution in [-0.2, 0) is 0 Å². The van der Waals surface area contributed by atoms with E-state index in [-0.39, 0.29) is 0 Å². The summed E-state index contributed by atoms with van der Waals surface area (Å²) in [6.45, 7) is 4.75. The molecular weight excluding hydrogens is 374 g/mol. The van der Waals surface area contributed by atoms with E-state index in [0.29, 0.717) is 0 Å². The lowest BCUT2D eigenvalue weighted by Crippen LogP contribution is -2.19. The van der Waals surface area contributed by atoms with E-state index in [4.69, 9.17) is 0 Å². The van der Waals surface area contributed by atoms with E-state index in [0.717, 1.165) is 8.58 Å². The van der Waals surface area contributed by atoms with Gasteiger partial charge in [-0.1, -0.05) is 106 Å². The quantitative estimate of drug-likeness (QED) is 0.411. The van der Waals surface area contributed by atoms with Crippen LogP contribution in [0.25, 0.3) is 0 Å². The first-order valence-electron chi connectivity index (χ1n) is 9.48. The maximum atomic E-state index is 2.37. The van der Waals surface area contributed by atoms with Gasteiger partial charge in [0.2, 0.25) is 0 Å². The molecule has 0 unspecified atom stereocenters. The van der Waals surface area contributed by atoms with Crippen molar-refractivity contribution in [3.8, 4) is 0 Å². The largest absolute Gasteiger partial charge is 0.0985 e. The molecule has 4 aromatic rings. The topological polar surface area (TPSA) is 0 Å². The van der Waals surface area contributed by atoms with Crippen LogP contribution >= 0.6 is 15.8 Å². The van der Waals surface area contributed by atoms with Crippen LogP contribution in [0.1, 0.15) is 0 Å². The predicted molar refractivity (Wildman–Crippen MR) is 131 cm³/mol. The molecule has 28 heavy (non-hydrogen) atoms. The van der Waals surface area contributed by atoms with Crippen molar-refractivity contribution in [2.45, 2.75) is 0 Å². The third kappa shape index (κ3) is 5.87. The molecule has 0 nitrogen and oxygen atoms in total. The lowest BCUT2D eigenvalue weighted by Gasteiger charge is -2.17. The zero-order chi connectivity index (χ0) is 19.7. The van der Waals surface area contributed by atoms with Crippen LogP contribution in [-0.4, -0.2) is 13.3 Å². The molecule has 0 spiro atoms. The monoisotopic (exact) mass is 401 g/mol. The molecule has 0 aliphatic rings. The summed E-state index contributed by atoms with van der Waals surface area (Å²) in [5.74, 6) is 0. The van der Waals surface area contributed by atoms with Crippen LogP contribution in [0.15, 0.2) is 121 Å². The smallest absolute Gasteiger partial charge is 0.0622 e. The second kappa shape index (κ2) is 10.3. The predicted octanol–water partition coefficient (Wildman–Crippen LogP) is 5.23. The molecule has 0 saturated heterocycles. The number of rotatable bonds is 4. The third-order valence-corrected chi connectivity index (χ3v) is 9.06. The molecule has 0 N–H and O–H groups in total. The second-order valence-corrected chi connectivity index (χ2v) is 12.3. The van der Waals surface area contributed by atoms with E-state index in [1.54, 1.807) is 0 Å². The Bertz CT molecular complexity index is 856. The van der Waals surface area contributed by atoms with Crippen LogP contribution < -0.4 is 21.2 Å². The fourth-order valence-corrected chi connectivity index (χ4v) is 6.14. The van der Waals surface area contributed by atoms with Gasteiger partial charge in [0.15, 0.2) is 0 Å². The summed E-state index contributed by atoms with van der Waals surface area (Å²) in [7, 11) is -0.371. The highest BCUT2D eigenvalue weighted by Gasteiger charge is 2.30. The Morgan fingerprint density at radius 3 is 1.04 bits per heavy atom. The Balaban J connectivity index is 0.000000162. The lowest BCUT2D eigenvalue weighted by atomic mass is 10.4. The minimum atomic E-state index is -1.15. The summed E-state index contributed by atoms with van der Waals surface area (Å²) in [5.41, 5.74) is 0. The summed E-state index contributed by atoms with van der Waals surface area (Å²) in [6.07, 6.45) is 0. The first kappa shape index (κ1) is 20.5. The van der Waals surface area contributed by atoms with Gasteiger partial charge in [-0.2, -0.15) is 0 Å². The van der Waals surface area contributed by atoms with Gasteiger partial charge in [0.05, 0.1) is 31.2 Å². The van der Waals surface area contributed by atoms with Crippen molar-refractivity contribution in [3.05, 3.63) is 121 Å². The first-order valence-corrected chi connectivity index (χ1v) is 13.2. The zero-order valence-corrected chi connectivity index (χ0v) is 18.4. The summed E-state index contributed by atoms with van der Waals surface area (Å²) in [4.78, 5) is 0.